The molecule has 0 fully saturated rings. The van der Waals surface area contributed by atoms with E-state index in [-0.39, 0.29) is 5.82 Å². The Labute approximate surface area is 181 Å². The summed E-state index contributed by atoms with van der Waals surface area (Å²) in [4.78, 5) is 0.604. The van der Waals surface area contributed by atoms with Crippen molar-refractivity contribution in [2.45, 2.75) is 20.1 Å². The van der Waals surface area contributed by atoms with Crippen molar-refractivity contribution in [3.8, 4) is 17.2 Å². The minimum atomic E-state index is -0.271. The van der Waals surface area contributed by atoms with Crippen LogP contribution in [0.3, 0.4) is 0 Å². The van der Waals surface area contributed by atoms with Crippen LogP contribution in [0.5, 0.6) is 17.2 Å². The average Bonchev–Trinajstić information content (AvgIpc) is 2.78. The average molecular weight is 426 g/mol. The van der Waals surface area contributed by atoms with Crippen molar-refractivity contribution >= 4 is 17.2 Å². The largest absolute Gasteiger partial charge is 0.496 e. The number of ether oxygens (including phenoxy) is 3. The molecule has 0 saturated heterocycles. The number of halogens is 1. The number of hydrogen-bond acceptors (Lipinski definition) is 4. The Kier molecular flexibility index (Phi) is 7.63. The van der Waals surface area contributed by atoms with E-state index in [0.29, 0.717) is 36.2 Å². The molecular formula is C24H24FNO3S. The highest BCUT2D eigenvalue weighted by Gasteiger charge is 2.11. The Morgan fingerprint density at radius 1 is 0.933 bits per heavy atom. The maximum atomic E-state index is 13.1. The van der Waals surface area contributed by atoms with Crippen molar-refractivity contribution in [1.82, 2.24) is 5.32 Å². The molecule has 0 aliphatic heterocycles. The van der Waals surface area contributed by atoms with Gasteiger partial charge in [0.15, 0.2) is 11.5 Å². The number of hydrogen-bond donors (Lipinski definition) is 1. The van der Waals surface area contributed by atoms with Gasteiger partial charge in [0.1, 0.15) is 23.2 Å². The molecule has 3 aromatic rings. The number of benzene rings is 3. The lowest BCUT2D eigenvalue weighted by Crippen LogP contribution is -2.22. The lowest BCUT2D eigenvalue weighted by atomic mass is 10.1. The minimum absolute atomic E-state index is 0.271. The minimum Gasteiger partial charge on any atom is -0.496 e. The molecule has 0 radical (unpaired) electrons. The highest BCUT2D eigenvalue weighted by molar-refractivity contribution is 7.80. The van der Waals surface area contributed by atoms with Gasteiger partial charge >= 0.3 is 0 Å². The third-order valence-electron chi connectivity index (χ3n) is 4.45. The Morgan fingerprint density at radius 3 is 2.43 bits per heavy atom. The summed E-state index contributed by atoms with van der Waals surface area (Å²) in [5.41, 5.74) is 2.72. The first-order valence-corrected chi connectivity index (χ1v) is 10.1. The molecule has 0 spiro atoms. The summed E-state index contributed by atoms with van der Waals surface area (Å²) in [6.07, 6.45) is 0. The number of para-hydroxylation sites is 1. The van der Waals surface area contributed by atoms with Gasteiger partial charge in [-0.3, -0.25) is 0 Å². The van der Waals surface area contributed by atoms with Gasteiger partial charge in [0.25, 0.3) is 0 Å². The van der Waals surface area contributed by atoms with E-state index in [2.05, 4.69) is 5.32 Å². The second-order valence-electron chi connectivity index (χ2n) is 6.50. The molecule has 0 atom stereocenters. The first-order valence-electron chi connectivity index (χ1n) is 9.65. The molecule has 0 unspecified atom stereocenters. The normalized spacial score (nSPS) is 10.4. The predicted molar refractivity (Wildman–Crippen MR) is 120 cm³/mol. The molecule has 0 saturated carbocycles. The molecule has 0 amide bonds. The second kappa shape index (κ2) is 10.6. The monoisotopic (exact) mass is 425 g/mol. The van der Waals surface area contributed by atoms with Crippen LogP contribution in [-0.4, -0.2) is 18.7 Å². The zero-order valence-corrected chi connectivity index (χ0v) is 17.8. The standard InChI is InChI=1S/C24H24FNO3S/c1-3-28-23-14-18(24(30)26-15-19-6-4-5-7-21(19)27-2)10-13-22(23)29-16-17-8-11-20(25)12-9-17/h4-14H,3,15-16H2,1-2H3,(H,26,30). The van der Waals surface area contributed by atoms with E-state index in [1.165, 1.54) is 12.1 Å². The summed E-state index contributed by atoms with van der Waals surface area (Å²) < 4.78 is 30.1. The first-order chi connectivity index (χ1) is 14.6. The molecule has 0 bridgehead atoms. The molecular weight excluding hydrogens is 401 g/mol. The van der Waals surface area contributed by atoms with Crippen molar-refractivity contribution in [2.24, 2.45) is 0 Å². The summed E-state index contributed by atoms with van der Waals surface area (Å²) in [5.74, 6) is 1.76. The van der Waals surface area contributed by atoms with Crippen LogP contribution in [-0.2, 0) is 13.2 Å². The maximum absolute atomic E-state index is 13.1. The van der Waals surface area contributed by atoms with Crippen LogP contribution >= 0.6 is 12.2 Å². The van der Waals surface area contributed by atoms with Crippen LogP contribution in [0.2, 0.25) is 0 Å². The number of methoxy groups -OCH3 is 1. The summed E-state index contributed by atoms with van der Waals surface area (Å²) >= 11 is 5.56. The fraction of sp³-hybridized carbons (Fsp3) is 0.208. The Bertz CT molecular complexity index is 992. The van der Waals surface area contributed by atoms with E-state index in [1.54, 1.807) is 19.2 Å². The topological polar surface area (TPSA) is 39.7 Å². The van der Waals surface area contributed by atoms with E-state index >= 15 is 0 Å². The van der Waals surface area contributed by atoms with Crippen LogP contribution < -0.4 is 19.5 Å². The molecule has 3 aromatic carbocycles. The van der Waals surface area contributed by atoms with Gasteiger partial charge in [-0.05, 0) is 48.9 Å². The fourth-order valence-electron chi connectivity index (χ4n) is 2.91. The summed E-state index contributed by atoms with van der Waals surface area (Å²) in [7, 11) is 1.65. The van der Waals surface area contributed by atoms with Crippen molar-refractivity contribution in [3.05, 3.63) is 89.2 Å². The molecule has 6 heteroatoms. The number of rotatable bonds is 9. The van der Waals surface area contributed by atoms with E-state index in [9.17, 15) is 4.39 Å². The van der Waals surface area contributed by atoms with Gasteiger partial charge in [-0.1, -0.05) is 42.5 Å². The summed E-state index contributed by atoms with van der Waals surface area (Å²) in [6.45, 7) is 3.28. The van der Waals surface area contributed by atoms with Gasteiger partial charge in [-0.2, -0.15) is 0 Å². The Balaban J connectivity index is 1.68. The second-order valence-corrected chi connectivity index (χ2v) is 6.91. The third-order valence-corrected chi connectivity index (χ3v) is 4.83. The zero-order valence-electron chi connectivity index (χ0n) is 17.0. The highest BCUT2D eigenvalue weighted by atomic mass is 32.1. The van der Waals surface area contributed by atoms with Gasteiger partial charge in [0.2, 0.25) is 0 Å². The highest BCUT2D eigenvalue weighted by Crippen LogP contribution is 2.29. The van der Waals surface area contributed by atoms with Crippen LogP contribution in [0, 0.1) is 5.82 Å². The molecule has 0 aromatic heterocycles. The molecule has 0 aliphatic carbocycles. The molecule has 4 nitrogen and oxygen atoms in total. The van der Waals surface area contributed by atoms with Gasteiger partial charge < -0.3 is 19.5 Å². The zero-order chi connectivity index (χ0) is 21.3. The lowest BCUT2D eigenvalue weighted by Gasteiger charge is -2.15. The molecule has 1 N–H and O–H groups in total. The molecule has 30 heavy (non-hydrogen) atoms. The predicted octanol–water partition coefficient (Wildman–Crippen LogP) is 5.28. The van der Waals surface area contributed by atoms with Gasteiger partial charge in [-0.15, -0.1) is 0 Å². The van der Waals surface area contributed by atoms with Crippen LogP contribution in [0.1, 0.15) is 23.6 Å². The molecule has 156 valence electrons. The van der Waals surface area contributed by atoms with Crippen molar-refractivity contribution in [3.63, 3.8) is 0 Å². The van der Waals surface area contributed by atoms with Crippen molar-refractivity contribution < 1.29 is 18.6 Å². The maximum Gasteiger partial charge on any atom is 0.161 e. The molecule has 0 heterocycles. The van der Waals surface area contributed by atoms with Crippen molar-refractivity contribution in [1.29, 1.82) is 0 Å². The van der Waals surface area contributed by atoms with Crippen molar-refractivity contribution in [2.75, 3.05) is 13.7 Å². The molecule has 3 rings (SSSR count). The first kappa shape index (κ1) is 21.6. The molecule has 0 aliphatic rings. The van der Waals surface area contributed by atoms with E-state index < -0.39 is 0 Å². The van der Waals surface area contributed by atoms with E-state index in [1.807, 2.05) is 49.4 Å². The van der Waals surface area contributed by atoms with Gasteiger partial charge in [0.05, 0.1) is 13.7 Å². The Morgan fingerprint density at radius 2 is 1.70 bits per heavy atom. The smallest absolute Gasteiger partial charge is 0.161 e. The number of thiocarbonyl (C=S) groups is 1. The lowest BCUT2D eigenvalue weighted by molar-refractivity contribution is 0.269. The third kappa shape index (κ3) is 5.70. The van der Waals surface area contributed by atoms with Crippen LogP contribution in [0.4, 0.5) is 4.39 Å². The quantitative estimate of drug-likeness (QED) is 0.473. The van der Waals surface area contributed by atoms with E-state index in [4.69, 9.17) is 26.4 Å². The summed E-state index contributed by atoms with van der Waals surface area (Å²) in [6, 6.07) is 19.6. The SMILES string of the molecule is CCOc1cc(C(=S)NCc2ccccc2OC)ccc1OCc1ccc(F)cc1. The summed E-state index contributed by atoms with van der Waals surface area (Å²) in [5, 5.41) is 3.26. The van der Waals surface area contributed by atoms with Crippen LogP contribution in [0.25, 0.3) is 0 Å². The number of nitrogens with one attached hydrogen (secondary N) is 1. The van der Waals surface area contributed by atoms with E-state index in [0.717, 1.165) is 22.4 Å². The Hall–Kier alpha value is -3.12. The van der Waals surface area contributed by atoms with Gasteiger partial charge in [0, 0.05) is 17.7 Å². The van der Waals surface area contributed by atoms with Gasteiger partial charge in [-0.25, -0.2) is 4.39 Å². The fourth-order valence-corrected chi connectivity index (χ4v) is 3.10. The van der Waals surface area contributed by atoms with Crippen LogP contribution in [0.15, 0.2) is 66.7 Å².